The summed E-state index contributed by atoms with van der Waals surface area (Å²) < 4.78 is 0. The monoisotopic (exact) mass is 250 g/mol. The lowest BCUT2D eigenvalue weighted by Crippen LogP contribution is -2.44. The minimum Gasteiger partial charge on any atom is -0.395 e. The average Bonchev–Trinajstić information content (AvgIpc) is 2.35. The normalized spacial score (nSPS) is 12.6. The molecule has 1 amide bonds. The van der Waals surface area contributed by atoms with Gasteiger partial charge < -0.3 is 15.7 Å². The van der Waals surface area contributed by atoms with Crippen LogP contribution < -0.4 is 5.73 Å². The first-order chi connectivity index (χ1) is 8.47. The molecule has 0 fully saturated rings. The van der Waals surface area contributed by atoms with Gasteiger partial charge in [0.15, 0.2) is 0 Å². The van der Waals surface area contributed by atoms with Gasteiger partial charge in [-0.3, -0.25) is 4.79 Å². The van der Waals surface area contributed by atoms with E-state index in [1.165, 1.54) is 0 Å². The number of nitrogens with zero attached hydrogens (tertiary/aromatic N) is 1. The highest BCUT2D eigenvalue weighted by Gasteiger charge is 2.23. The first-order valence-electron chi connectivity index (χ1n) is 6.21. The summed E-state index contributed by atoms with van der Waals surface area (Å²) in [7, 11) is 0. The minimum absolute atomic E-state index is 0.0288. The molecule has 0 radical (unpaired) electrons. The number of amides is 1. The van der Waals surface area contributed by atoms with Crippen LogP contribution in [0.2, 0.25) is 0 Å². The molecule has 0 aliphatic carbocycles. The van der Waals surface area contributed by atoms with Gasteiger partial charge in [-0.05, 0) is 26.3 Å². The second kappa shape index (κ2) is 6.52. The van der Waals surface area contributed by atoms with E-state index < -0.39 is 6.04 Å². The van der Waals surface area contributed by atoms with Crippen molar-refractivity contribution in [1.82, 2.24) is 4.90 Å². The fourth-order valence-electron chi connectivity index (χ4n) is 1.83. The van der Waals surface area contributed by atoms with Crippen molar-refractivity contribution in [2.45, 2.75) is 32.9 Å². The van der Waals surface area contributed by atoms with E-state index in [0.29, 0.717) is 6.54 Å². The van der Waals surface area contributed by atoms with Gasteiger partial charge in [-0.2, -0.15) is 0 Å². The Morgan fingerprint density at radius 3 is 2.33 bits per heavy atom. The predicted octanol–water partition coefficient (Wildman–Crippen LogP) is 1.22. The maximum absolute atomic E-state index is 12.2. The Labute approximate surface area is 108 Å². The largest absolute Gasteiger partial charge is 0.395 e. The Morgan fingerprint density at radius 2 is 1.89 bits per heavy atom. The predicted molar refractivity (Wildman–Crippen MR) is 72.0 cm³/mol. The highest BCUT2D eigenvalue weighted by Crippen LogP contribution is 2.15. The second-order valence-electron chi connectivity index (χ2n) is 4.74. The number of nitrogens with two attached hydrogens (primary N) is 1. The summed E-state index contributed by atoms with van der Waals surface area (Å²) in [6, 6.07) is 6.98. The van der Waals surface area contributed by atoms with E-state index in [4.69, 9.17) is 10.8 Å². The molecule has 4 nitrogen and oxygen atoms in total. The van der Waals surface area contributed by atoms with Crippen LogP contribution >= 0.6 is 0 Å². The quantitative estimate of drug-likeness (QED) is 0.826. The molecule has 0 aromatic heterocycles. The standard InChI is InChI=1S/C14H22N2O2/c1-10(2)16(8-9-17)14(18)13(15)12-6-4-11(3)5-7-12/h4-7,10,13,17H,8-9,15H2,1-3H3. The van der Waals surface area contributed by atoms with Gasteiger partial charge in [0.25, 0.3) is 0 Å². The number of carbonyl (C=O) groups excluding carboxylic acids is 1. The molecule has 0 spiro atoms. The summed E-state index contributed by atoms with van der Waals surface area (Å²) in [5.74, 6) is -0.150. The molecule has 0 saturated heterocycles. The number of hydrogen-bond acceptors (Lipinski definition) is 3. The van der Waals surface area contributed by atoms with E-state index in [1.807, 2.05) is 45.0 Å². The smallest absolute Gasteiger partial charge is 0.244 e. The average molecular weight is 250 g/mol. The van der Waals surface area contributed by atoms with Crippen LogP contribution in [-0.4, -0.2) is 35.1 Å². The van der Waals surface area contributed by atoms with Gasteiger partial charge in [0, 0.05) is 12.6 Å². The summed E-state index contributed by atoms with van der Waals surface area (Å²) in [6.07, 6.45) is 0. The summed E-state index contributed by atoms with van der Waals surface area (Å²) >= 11 is 0. The molecule has 1 atom stereocenters. The van der Waals surface area contributed by atoms with E-state index in [-0.39, 0.29) is 18.6 Å². The molecule has 1 aromatic rings. The van der Waals surface area contributed by atoms with E-state index >= 15 is 0 Å². The zero-order valence-electron chi connectivity index (χ0n) is 11.3. The Morgan fingerprint density at radius 1 is 1.33 bits per heavy atom. The molecule has 0 saturated carbocycles. The first-order valence-corrected chi connectivity index (χ1v) is 6.21. The van der Waals surface area contributed by atoms with Crippen molar-refractivity contribution in [2.24, 2.45) is 5.73 Å². The zero-order chi connectivity index (χ0) is 13.7. The van der Waals surface area contributed by atoms with Crippen LogP contribution in [0.1, 0.15) is 31.0 Å². The molecule has 100 valence electrons. The summed E-state index contributed by atoms with van der Waals surface area (Å²) in [6.45, 7) is 6.08. The summed E-state index contributed by atoms with van der Waals surface area (Å²) in [5.41, 5.74) is 7.92. The van der Waals surface area contributed by atoms with E-state index in [1.54, 1.807) is 4.90 Å². The number of rotatable bonds is 5. The van der Waals surface area contributed by atoms with Gasteiger partial charge in [-0.1, -0.05) is 29.8 Å². The molecule has 4 heteroatoms. The second-order valence-corrected chi connectivity index (χ2v) is 4.74. The highest BCUT2D eigenvalue weighted by atomic mass is 16.3. The summed E-state index contributed by atoms with van der Waals surface area (Å²) in [4.78, 5) is 13.9. The third kappa shape index (κ3) is 3.55. The Kier molecular flexibility index (Phi) is 5.31. The Hall–Kier alpha value is -1.39. The highest BCUT2D eigenvalue weighted by molar-refractivity contribution is 5.83. The third-order valence-electron chi connectivity index (χ3n) is 2.95. The van der Waals surface area contributed by atoms with Crippen molar-refractivity contribution >= 4 is 5.91 Å². The number of benzene rings is 1. The molecule has 0 heterocycles. The fraction of sp³-hybridized carbons (Fsp3) is 0.500. The molecule has 1 unspecified atom stereocenters. The lowest BCUT2D eigenvalue weighted by atomic mass is 10.0. The van der Waals surface area contributed by atoms with Gasteiger partial charge >= 0.3 is 0 Å². The van der Waals surface area contributed by atoms with Crippen LogP contribution in [-0.2, 0) is 4.79 Å². The lowest BCUT2D eigenvalue weighted by molar-refractivity contribution is -0.135. The van der Waals surface area contributed by atoms with Gasteiger partial charge in [0.05, 0.1) is 6.61 Å². The Bertz CT molecular complexity index is 387. The van der Waals surface area contributed by atoms with Crippen molar-refractivity contribution in [3.63, 3.8) is 0 Å². The lowest BCUT2D eigenvalue weighted by Gasteiger charge is -2.28. The number of aryl methyl sites for hydroxylation is 1. The van der Waals surface area contributed by atoms with Gasteiger partial charge in [-0.15, -0.1) is 0 Å². The molecular formula is C14H22N2O2. The fourth-order valence-corrected chi connectivity index (χ4v) is 1.83. The van der Waals surface area contributed by atoms with E-state index in [2.05, 4.69) is 0 Å². The minimum atomic E-state index is -0.667. The Balaban J connectivity index is 2.84. The molecule has 0 aliphatic heterocycles. The van der Waals surface area contributed by atoms with Gasteiger partial charge in [0.1, 0.15) is 6.04 Å². The molecule has 18 heavy (non-hydrogen) atoms. The van der Waals surface area contributed by atoms with Crippen molar-refractivity contribution < 1.29 is 9.90 Å². The van der Waals surface area contributed by atoms with Crippen molar-refractivity contribution in [1.29, 1.82) is 0 Å². The topological polar surface area (TPSA) is 66.6 Å². The number of aliphatic hydroxyl groups excluding tert-OH is 1. The first kappa shape index (κ1) is 14.7. The molecular weight excluding hydrogens is 228 g/mol. The zero-order valence-corrected chi connectivity index (χ0v) is 11.3. The number of hydrogen-bond donors (Lipinski definition) is 2. The molecule has 0 aliphatic rings. The van der Waals surface area contributed by atoms with Crippen molar-refractivity contribution in [3.8, 4) is 0 Å². The van der Waals surface area contributed by atoms with Crippen LogP contribution in [0.15, 0.2) is 24.3 Å². The molecule has 0 bridgehead atoms. The third-order valence-corrected chi connectivity index (χ3v) is 2.95. The van der Waals surface area contributed by atoms with Gasteiger partial charge in [-0.25, -0.2) is 0 Å². The van der Waals surface area contributed by atoms with Crippen LogP contribution in [0.4, 0.5) is 0 Å². The van der Waals surface area contributed by atoms with Crippen LogP contribution in [0.5, 0.6) is 0 Å². The molecule has 1 rings (SSSR count). The van der Waals surface area contributed by atoms with Crippen LogP contribution in [0, 0.1) is 6.92 Å². The molecule has 1 aromatic carbocycles. The van der Waals surface area contributed by atoms with Crippen molar-refractivity contribution in [3.05, 3.63) is 35.4 Å². The van der Waals surface area contributed by atoms with Crippen LogP contribution in [0.25, 0.3) is 0 Å². The molecule has 3 N–H and O–H groups in total. The number of aliphatic hydroxyl groups is 1. The van der Waals surface area contributed by atoms with Crippen molar-refractivity contribution in [2.75, 3.05) is 13.2 Å². The summed E-state index contributed by atoms with van der Waals surface area (Å²) in [5, 5.41) is 8.99. The SMILES string of the molecule is Cc1ccc(C(N)C(=O)N(CCO)C(C)C)cc1. The van der Waals surface area contributed by atoms with Crippen LogP contribution in [0.3, 0.4) is 0 Å². The number of carbonyl (C=O) groups is 1. The van der Waals surface area contributed by atoms with E-state index in [0.717, 1.165) is 11.1 Å². The van der Waals surface area contributed by atoms with Gasteiger partial charge in [0.2, 0.25) is 5.91 Å². The maximum atomic E-state index is 12.2. The van der Waals surface area contributed by atoms with E-state index in [9.17, 15) is 4.79 Å². The maximum Gasteiger partial charge on any atom is 0.244 e.